The maximum Gasteiger partial charge on any atom is 0.410 e. The van der Waals surface area contributed by atoms with Crippen molar-refractivity contribution in [2.24, 2.45) is 5.92 Å². The number of alkyl carbamates (subject to hydrolysis) is 4. The average molecular weight is 1110 g/mol. The van der Waals surface area contributed by atoms with Gasteiger partial charge in [-0.1, -0.05) is 0 Å². The highest BCUT2D eigenvalue weighted by Crippen LogP contribution is 2.39. The van der Waals surface area contributed by atoms with Crippen LogP contribution in [0.25, 0.3) is 0 Å². The van der Waals surface area contributed by atoms with Crippen molar-refractivity contribution in [3.63, 3.8) is 0 Å². The van der Waals surface area contributed by atoms with Crippen molar-refractivity contribution < 1.29 is 92.2 Å². The van der Waals surface area contributed by atoms with E-state index in [9.17, 15) is 54.3 Å². The zero-order chi connectivity index (χ0) is 58.8. The normalized spacial score (nSPS) is 27.9. The molecule has 2 aliphatic heterocycles. The molecule has 0 aromatic heterocycles. The van der Waals surface area contributed by atoms with Crippen LogP contribution in [0.3, 0.4) is 0 Å². The van der Waals surface area contributed by atoms with Gasteiger partial charge < -0.3 is 100 Å². The van der Waals surface area contributed by atoms with Crippen molar-refractivity contribution in [2.75, 3.05) is 39.8 Å². The molecule has 3 rings (SSSR count). The van der Waals surface area contributed by atoms with E-state index in [1.165, 1.54) is 14.0 Å². The molecule has 13 atom stereocenters. The summed E-state index contributed by atoms with van der Waals surface area (Å²) in [6.07, 6.45) is -14.0. The molecule has 11 N–H and O–H groups in total. The number of likely N-dealkylation sites (N-methyl/N-ethyl adjacent to an activating group) is 1. The van der Waals surface area contributed by atoms with E-state index >= 15 is 0 Å². The number of carbonyl (C=O) groups excluding carboxylic acids is 6. The zero-order valence-electron chi connectivity index (χ0n) is 48.1. The zero-order valence-corrected chi connectivity index (χ0v) is 48.1. The SMILES string of the molecule is CN(C(=O)OC(C)(C)C)[C@@H]1[C@@H](O)[C@@H](O[C@@H]2[C@@H](O)[C@H](C3OC(CNCC(O)CCNC(=O)OC(C)(C)C)=CC[C@H]3NC(=O)OC(C)(C)C)[C@@H](NC(=O)OC(C)(C)C)C[C@H]2NC(=O)[C@@H](O)CNC(=O)OC(C)(C)C)OC[C@]1(C)O. The molecular formula is C51H91N7O19. The van der Waals surface area contributed by atoms with E-state index in [2.05, 4.69) is 31.9 Å². The van der Waals surface area contributed by atoms with E-state index in [1.54, 1.807) is 110 Å². The van der Waals surface area contributed by atoms with Crippen LogP contribution in [0.4, 0.5) is 24.0 Å². The van der Waals surface area contributed by atoms with E-state index in [4.69, 9.17) is 37.9 Å². The van der Waals surface area contributed by atoms with Crippen molar-refractivity contribution in [2.45, 2.75) is 231 Å². The molecule has 0 aromatic carbocycles. The van der Waals surface area contributed by atoms with E-state index in [0.717, 1.165) is 4.90 Å². The summed E-state index contributed by atoms with van der Waals surface area (Å²) in [6.45, 7) is 25.1. The first-order valence-corrected chi connectivity index (χ1v) is 26.0. The van der Waals surface area contributed by atoms with Crippen LogP contribution < -0.4 is 31.9 Å². The van der Waals surface area contributed by atoms with Gasteiger partial charge in [0.25, 0.3) is 5.91 Å². The van der Waals surface area contributed by atoms with E-state index < -0.39 is 156 Å². The van der Waals surface area contributed by atoms with Crippen LogP contribution in [-0.2, 0) is 42.7 Å². The van der Waals surface area contributed by atoms with Gasteiger partial charge >= 0.3 is 30.5 Å². The quantitative estimate of drug-likeness (QED) is 0.0930. The van der Waals surface area contributed by atoms with Crippen LogP contribution in [-0.4, -0.2) is 207 Å². The van der Waals surface area contributed by atoms with Crippen LogP contribution in [0.15, 0.2) is 11.8 Å². The van der Waals surface area contributed by atoms with Gasteiger partial charge in [-0.15, -0.1) is 0 Å². The number of aliphatic hydroxyl groups is 5. The monoisotopic (exact) mass is 1110 g/mol. The summed E-state index contributed by atoms with van der Waals surface area (Å²) < 4.78 is 46.4. The third kappa shape index (κ3) is 22.7. The van der Waals surface area contributed by atoms with Gasteiger partial charge in [-0.2, -0.15) is 0 Å². The Labute approximate surface area is 452 Å². The minimum absolute atomic E-state index is 0.00159. The number of ether oxygens (including phenoxy) is 8. The largest absolute Gasteiger partial charge is 0.491 e. The summed E-state index contributed by atoms with van der Waals surface area (Å²) in [5.41, 5.74) is -6.48. The Hall–Kier alpha value is -4.96. The summed E-state index contributed by atoms with van der Waals surface area (Å²) in [6, 6.07) is -5.08. The molecule has 444 valence electrons. The third-order valence-electron chi connectivity index (χ3n) is 11.6. The molecule has 26 heteroatoms. The molecule has 0 radical (unpaired) electrons. The molecule has 1 saturated heterocycles. The minimum atomic E-state index is -1.92. The van der Waals surface area contributed by atoms with Crippen molar-refractivity contribution >= 4 is 36.4 Å². The number of aliphatic hydroxyl groups excluding tert-OH is 4. The summed E-state index contributed by atoms with van der Waals surface area (Å²) >= 11 is 0. The fourth-order valence-corrected chi connectivity index (χ4v) is 8.68. The van der Waals surface area contributed by atoms with Crippen molar-refractivity contribution in [3.05, 3.63) is 11.8 Å². The second-order valence-corrected chi connectivity index (χ2v) is 25.0. The molecular weight excluding hydrogens is 1010 g/mol. The molecule has 2 unspecified atom stereocenters. The molecule has 2 fully saturated rings. The van der Waals surface area contributed by atoms with Crippen LogP contribution in [0.2, 0.25) is 0 Å². The fourth-order valence-electron chi connectivity index (χ4n) is 8.68. The lowest BCUT2D eigenvalue weighted by Gasteiger charge is -2.52. The maximum absolute atomic E-state index is 13.9. The Morgan fingerprint density at radius 2 is 1.21 bits per heavy atom. The van der Waals surface area contributed by atoms with Crippen LogP contribution in [0.1, 0.15) is 130 Å². The molecule has 0 bridgehead atoms. The van der Waals surface area contributed by atoms with Crippen molar-refractivity contribution in [1.29, 1.82) is 0 Å². The first kappa shape index (κ1) is 66.3. The number of amides is 6. The Morgan fingerprint density at radius 3 is 1.74 bits per heavy atom. The van der Waals surface area contributed by atoms with Crippen LogP contribution in [0.5, 0.6) is 0 Å². The number of carbonyl (C=O) groups is 6. The molecule has 2 heterocycles. The van der Waals surface area contributed by atoms with E-state index in [-0.39, 0.29) is 44.7 Å². The summed E-state index contributed by atoms with van der Waals surface area (Å²) in [4.78, 5) is 80.3. The lowest BCUT2D eigenvalue weighted by molar-refractivity contribution is -0.305. The van der Waals surface area contributed by atoms with Crippen LogP contribution in [0, 0.1) is 5.92 Å². The summed E-state index contributed by atoms with van der Waals surface area (Å²) in [5.74, 6) is -2.11. The van der Waals surface area contributed by atoms with Gasteiger partial charge in [-0.3, -0.25) is 4.79 Å². The highest BCUT2D eigenvalue weighted by Gasteiger charge is 2.57. The fraction of sp³-hybridized carbons (Fsp3) is 0.843. The Bertz CT molecular complexity index is 2020. The van der Waals surface area contributed by atoms with Gasteiger partial charge in [0.15, 0.2) is 6.29 Å². The van der Waals surface area contributed by atoms with E-state index in [0.29, 0.717) is 0 Å². The Balaban J connectivity index is 2.13. The molecule has 77 heavy (non-hydrogen) atoms. The second kappa shape index (κ2) is 26.8. The number of hydrogen-bond acceptors (Lipinski definition) is 20. The minimum Gasteiger partial charge on any atom is -0.491 e. The molecule has 0 aromatic rings. The first-order chi connectivity index (χ1) is 35.0. The van der Waals surface area contributed by atoms with Gasteiger partial charge in [0.2, 0.25) is 0 Å². The lowest BCUT2D eigenvalue weighted by atomic mass is 9.72. The smallest absolute Gasteiger partial charge is 0.410 e. The molecule has 0 spiro atoms. The number of nitrogens with one attached hydrogen (secondary N) is 6. The Kier molecular flexibility index (Phi) is 23.1. The highest BCUT2D eigenvalue weighted by atomic mass is 16.7. The molecule has 3 aliphatic rings. The molecule has 26 nitrogen and oxygen atoms in total. The predicted octanol–water partition coefficient (Wildman–Crippen LogP) is 2.15. The maximum atomic E-state index is 13.9. The molecule has 6 amide bonds. The third-order valence-corrected chi connectivity index (χ3v) is 11.6. The summed E-state index contributed by atoms with van der Waals surface area (Å²) in [5, 5.41) is 74.7. The average Bonchev–Trinajstić information content (AvgIpc) is 3.22. The van der Waals surface area contributed by atoms with Crippen LogP contribution >= 0.6 is 0 Å². The Morgan fingerprint density at radius 1 is 0.701 bits per heavy atom. The predicted molar refractivity (Wildman–Crippen MR) is 277 cm³/mol. The van der Waals surface area contributed by atoms with Gasteiger partial charge in [-0.05, 0) is 136 Å². The van der Waals surface area contributed by atoms with Gasteiger partial charge in [0.1, 0.15) is 63.8 Å². The highest BCUT2D eigenvalue weighted by molar-refractivity contribution is 5.82. The van der Waals surface area contributed by atoms with E-state index in [1.807, 2.05) is 0 Å². The second-order valence-electron chi connectivity index (χ2n) is 25.0. The van der Waals surface area contributed by atoms with Gasteiger partial charge in [0.05, 0.1) is 50.0 Å². The number of hydrogen-bond donors (Lipinski definition) is 11. The molecule has 1 aliphatic carbocycles. The van der Waals surface area contributed by atoms with Crippen molar-refractivity contribution in [1.82, 2.24) is 36.8 Å². The molecule has 1 saturated carbocycles. The number of nitrogens with zero attached hydrogens (tertiary/aromatic N) is 1. The first-order valence-electron chi connectivity index (χ1n) is 26.0. The van der Waals surface area contributed by atoms with Crippen molar-refractivity contribution in [3.8, 4) is 0 Å². The lowest BCUT2D eigenvalue weighted by Crippen LogP contribution is -2.71. The summed E-state index contributed by atoms with van der Waals surface area (Å²) in [7, 11) is 1.30. The number of rotatable bonds is 17. The topological polar surface area (TPSA) is 353 Å². The van der Waals surface area contributed by atoms with Gasteiger partial charge in [-0.25, -0.2) is 24.0 Å². The van der Waals surface area contributed by atoms with Gasteiger partial charge in [0, 0.05) is 32.1 Å². The standard InChI is InChI=1S/C51H91N7O19/c1-46(2,3)73-41(64)53-21-20-27(59)23-52-24-28-18-19-29(56-43(66)75-48(7,8)9)36(71-28)33-30(57-44(67)76-49(10,11)12)22-31(55-39(63)32(60)25-54-42(65)74-47(4,5)6)37(34(33)61)72-40-35(62)38(51(16,69)26-70-40)58(17)45(68)77-50(13,14)15/h18,27,29-38,40,52,59-62,69H,19-26H2,1-17H3,(H,53,64)(H,54,65)(H,55,63)(H,56,66)(H,57,67)/t27?,29-,30+,31-,32+,33-,34+,35-,36?,37+,38-,40-,51+/m1/s1.